The Morgan fingerprint density at radius 1 is 1.55 bits per heavy atom. The third kappa shape index (κ3) is 2.38. The van der Waals surface area contributed by atoms with E-state index in [9.17, 15) is 4.39 Å². The number of benzene rings is 1. The summed E-state index contributed by atoms with van der Waals surface area (Å²) in [5.74, 6) is -0.267. The van der Waals surface area contributed by atoms with Gasteiger partial charge in [-0.25, -0.2) is 4.39 Å². The molecule has 0 N–H and O–H groups in total. The molecule has 1 aromatic carbocycles. The predicted octanol–water partition coefficient (Wildman–Crippen LogP) is 2.29. The predicted molar refractivity (Wildman–Crippen MR) is 40.0 cm³/mol. The van der Waals surface area contributed by atoms with E-state index < -0.39 is 0 Å². The molecule has 0 aliphatic heterocycles. The van der Waals surface area contributed by atoms with Crippen molar-refractivity contribution < 1.29 is 4.39 Å². The van der Waals surface area contributed by atoms with E-state index in [2.05, 4.69) is 0 Å². The number of nitriles is 1. The van der Waals surface area contributed by atoms with Crippen molar-refractivity contribution in [3.63, 3.8) is 0 Å². The first-order valence-electron chi connectivity index (χ1n) is 3.28. The topological polar surface area (TPSA) is 23.8 Å². The molecular formula is C9H7FN. The van der Waals surface area contributed by atoms with Crippen molar-refractivity contribution in [3.05, 3.63) is 42.1 Å². The van der Waals surface area contributed by atoms with Crippen molar-refractivity contribution in [1.29, 1.82) is 5.26 Å². The van der Waals surface area contributed by atoms with Gasteiger partial charge in [0.1, 0.15) is 5.82 Å². The van der Waals surface area contributed by atoms with Gasteiger partial charge in [-0.05, 0) is 17.7 Å². The molecule has 0 aliphatic carbocycles. The highest BCUT2D eigenvalue weighted by atomic mass is 19.1. The Bertz CT molecular complexity index is 275. The highest BCUT2D eigenvalue weighted by molar-refractivity contribution is 5.24. The first kappa shape index (κ1) is 7.74. The van der Waals surface area contributed by atoms with Crippen molar-refractivity contribution in [3.8, 4) is 6.07 Å². The van der Waals surface area contributed by atoms with E-state index in [1.54, 1.807) is 18.6 Å². The Labute approximate surface area is 65.1 Å². The lowest BCUT2D eigenvalue weighted by Gasteiger charge is -1.94. The number of halogens is 1. The van der Waals surface area contributed by atoms with Gasteiger partial charge in [-0.2, -0.15) is 5.26 Å². The number of nitrogens with zero attached hydrogens (tertiary/aromatic N) is 1. The SMILES string of the molecule is N#CC[CH]c1cccc(F)c1. The fraction of sp³-hybridized carbons (Fsp3) is 0.111. The summed E-state index contributed by atoms with van der Waals surface area (Å²) in [6, 6.07) is 8.12. The summed E-state index contributed by atoms with van der Waals surface area (Å²) in [7, 11) is 0. The number of hydrogen-bond acceptors (Lipinski definition) is 1. The quantitative estimate of drug-likeness (QED) is 0.631. The smallest absolute Gasteiger partial charge is 0.123 e. The Morgan fingerprint density at radius 3 is 3.00 bits per heavy atom. The average Bonchev–Trinajstić information content (AvgIpc) is 2.01. The molecule has 0 bridgehead atoms. The summed E-state index contributed by atoms with van der Waals surface area (Å²) >= 11 is 0. The van der Waals surface area contributed by atoms with Crippen LogP contribution >= 0.6 is 0 Å². The molecule has 1 nitrogen and oxygen atoms in total. The fourth-order valence-electron chi connectivity index (χ4n) is 0.797. The van der Waals surface area contributed by atoms with Gasteiger partial charge in [0.25, 0.3) is 0 Å². The molecule has 1 rings (SSSR count). The maximum Gasteiger partial charge on any atom is 0.123 e. The van der Waals surface area contributed by atoms with Gasteiger partial charge in [-0.3, -0.25) is 0 Å². The van der Waals surface area contributed by atoms with Crippen molar-refractivity contribution >= 4 is 0 Å². The lowest BCUT2D eigenvalue weighted by atomic mass is 10.1. The van der Waals surface area contributed by atoms with Crippen LogP contribution in [-0.4, -0.2) is 0 Å². The molecule has 1 aromatic rings. The molecule has 0 heterocycles. The normalized spacial score (nSPS) is 9.09. The third-order valence-corrected chi connectivity index (χ3v) is 1.28. The van der Waals surface area contributed by atoms with Gasteiger partial charge in [-0.1, -0.05) is 12.1 Å². The lowest BCUT2D eigenvalue weighted by Crippen LogP contribution is -1.81. The highest BCUT2D eigenvalue weighted by Gasteiger charge is 1.93. The second kappa shape index (κ2) is 3.72. The fourth-order valence-corrected chi connectivity index (χ4v) is 0.797. The van der Waals surface area contributed by atoms with E-state index in [0.717, 1.165) is 5.56 Å². The second-order valence-corrected chi connectivity index (χ2v) is 2.12. The monoisotopic (exact) mass is 148 g/mol. The van der Waals surface area contributed by atoms with Gasteiger partial charge in [0.05, 0.1) is 6.07 Å². The maximum absolute atomic E-state index is 12.5. The summed E-state index contributed by atoms with van der Waals surface area (Å²) < 4.78 is 12.5. The molecule has 0 spiro atoms. The van der Waals surface area contributed by atoms with Crippen molar-refractivity contribution in [1.82, 2.24) is 0 Å². The van der Waals surface area contributed by atoms with Crippen LogP contribution in [0, 0.1) is 23.6 Å². The van der Waals surface area contributed by atoms with Gasteiger partial charge < -0.3 is 0 Å². The van der Waals surface area contributed by atoms with Crippen LogP contribution in [0.5, 0.6) is 0 Å². The van der Waals surface area contributed by atoms with Gasteiger partial charge >= 0.3 is 0 Å². The standard InChI is InChI=1S/C9H7FN/c10-9-5-1-3-8(7-9)4-2-6-11/h1,3-5,7H,2H2. The van der Waals surface area contributed by atoms with E-state index >= 15 is 0 Å². The molecule has 0 amide bonds. The minimum Gasteiger partial charge on any atom is -0.207 e. The highest BCUT2D eigenvalue weighted by Crippen LogP contribution is 2.06. The van der Waals surface area contributed by atoms with Crippen LogP contribution in [0.2, 0.25) is 0 Å². The molecule has 0 saturated heterocycles. The molecule has 0 saturated carbocycles. The largest absolute Gasteiger partial charge is 0.207 e. The molecule has 1 radical (unpaired) electrons. The molecule has 11 heavy (non-hydrogen) atoms. The van der Waals surface area contributed by atoms with Crippen LogP contribution in [0.15, 0.2) is 24.3 Å². The Kier molecular flexibility index (Phi) is 2.62. The van der Waals surface area contributed by atoms with E-state index in [-0.39, 0.29) is 5.82 Å². The van der Waals surface area contributed by atoms with E-state index in [1.165, 1.54) is 12.1 Å². The van der Waals surface area contributed by atoms with Crippen molar-refractivity contribution in [2.75, 3.05) is 0 Å². The van der Waals surface area contributed by atoms with E-state index in [1.807, 2.05) is 6.07 Å². The minimum atomic E-state index is -0.267. The van der Waals surface area contributed by atoms with Crippen LogP contribution < -0.4 is 0 Å². The Morgan fingerprint density at radius 2 is 2.36 bits per heavy atom. The number of hydrogen-bond donors (Lipinski definition) is 0. The molecule has 0 aromatic heterocycles. The number of rotatable bonds is 2. The summed E-state index contributed by atoms with van der Waals surface area (Å²) in [6.07, 6.45) is 2.01. The van der Waals surface area contributed by atoms with Gasteiger partial charge in [0, 0.05) is 12.8 Å². The molecule has 2 heteroatoms. The molecular weight excluding hydrogens is 141 g/mol. The van der Waals surface area contributed by atoms with E-state index in [0.29, 0.717) is 6.42 Å². The molecule has 55 valence electrons. The van der Waals surface area contributed by atoms with Crippen LogP contribution in [-0.2, 0) is 0 Å². The zero-order valence-electron chi connectivity index (χ0n) is 5.92. The summed E-state index contributed by atoms with van der Waals surface area (Å²) in [5.41, 5.74) is 0.756. The van der Waals surface area contributed by atoms with Crippen LogP contribution in [0.3, 0.4) is 0 Å². The Hall–Kier alpha value is -1.36. The Balaban J connectivity index is 2.65. The van der Waals surface area contributed by atoms with Gasteiger partial charge in [-0.15, -0.1) is 0 Å². The van der Waals surface area contributed by atoms with Gasteiger partial charge in [0.2, 0.25) is 0 Å². The first-order valence-corrected chi connectivity index (χ1v) is 3.28. The lowest BCUT2D eigenvalue weighted by molar-refractivity contribution is 0.627. The molecule has 0 aliphatic rings. The summed E-state index contributed by atoms with van der Waals surface area (Å²) in [5, 5.41) is 8.22. The second-order valence-electron chi connectivity index (χ2n) is 2.12. The van der Waals surface area contributed by atoms with Crippen LogP contribution in [0.25, 0.3) is 0 Å². The summed E-state index contributed by atoms with van der Waals surface area (Å²) in [6.45, 7) is 0. The maximum atomic E-state index is 12.5. The third-order valence-electron chi connectivity index (χ3n) is 1.28. The van der Waals surface area contributed by atoms with Crippen LogP contribution in [0.1, 0.15) is 12.0 Å². The zero-order valence-corrected chi connectivity index (χ0v) is 5.92. The molecule has 0 atom stereocenters. The first-order chi connectivity index (χ1) is 5.33. The van der Waals surface area contributed by atoms with Gasteiger partial charge in [0.15, 0.2) is 0 Å². The molecule has 0 fully saturated rings. The zero-order chi connectivity index (χ0) is 8.10. The van der Waals surface area contributed by atoms with Crippen molar-refractivity contribution in [2.45, 2.75) is 6.42 Å². The van der Waals surface area contributed by atoms with E-state index in [4.69, 9.17) is 5.26 Å². The van der Waals surface area contributed by atoms with Crippen LogP contribution in [0.4, 0.5) is 4.39 Å². The summed E-state index contributed by atoms with van der Waals surface area (Å²) in [4.78, 5) is 0. The molecule has 0 unspecified atom stereocenters. The average molecular weight is 148 g/mol. The minimum absolute atomic E-state index is 0.267. The van der Waals surface area contributed by atoms with Crippen molar-refractivity contribution in [2.24, 2.45) is 0 Å².